The number of hydrazine groups is 1. The summed E-state index contributed by atoms with van der Waals surface area (Å²) >= 11 is 0. The van der Waals surface area contributed by atoms with E-state index in [0.717, 1.165) is 29.7 Å². The second kappa shape index (κ2) is 10.0. The Morgan fingerprint density at radius 3 is 2.35 bits per heavy atom. The number of carbonyl (C=O) groups is 2. The van der Waals surface area contributed by atoms with Crippen LogP contribution in [0.2, 0.25) is 0 Å². The maximum atomic E-state index is 12.3. The zero-order chi connectivity index (χ0) is 18.8. The molecule has 26 heavy (non-hydrogen) atoms. The molecule has 0 spiro atoms. The lowest BCUT2D eigenvalue weighted by Crippen LogP contribution is -2.37. The monoisotopic (exact) mass is 351 g/mol. The number of nitrogens with one attached hydrogen (secondary N) is 3. The summed E-state index contributed by atoms with van der Waals surface area (Å²) in [5.41, 5.74) is 8.41. The van der Waals surface area contributed by atoms with Gasteiger partial charge in [0.1, 0.15) is 0 Å². The highest BCUT2D eigenvalue weighted by Crippen LogP contribution is 2.27. The van der Waals surface area contributed by atoms with Crippen molar-refractivity contribution < 1.29 is 9.59 Å². The van der Waals surface area contributed by atoms with Crippen LogP contribution in [-0.2, 0) is 9.59 Å². The van der Waals surface area contributed by atoms with Gasteiger partial charge in [0.15, 0.2) is 0 Å². The summed E-state index contributed by atoms with van der Waals surface area (Å²) in [5, 5.41) is 2.91. The zero-order valence-electron chi connectivity index (χ0n) is 15.0. The molecule has 2 aromatic rings. The van der Waals surface area contributed by atoms with Crippen LogP contribution in [0.1, 0.15) is 32.6 Å². The predicted octanol–water partition coefficient (Wildman–Crippen LogP) is 4.01. The van der Waals surface area contributed by atoms with Crippen molar-refractivity contribution in [3.8, 4) is 11.1 Å². The van der Waals surface area contributed by atoms with Gasteiger partial charge in [-0.15, -0.1) is 0 Å². The Balaban J connectivity index is 1.90. The minimum absolute atomic E-state index is 0.0666. The maximum Gasteiger partial charge on any atom is 0.238 e. The van der Waals surface area contributed by atoms with Crippen molar-refractivity contribution in [2.45, 2.75) is 32.6 Å². The van der Waals surface area contributed by atoms with E-state index in [2.05, 4.69) is 22.7 Å². The van der Waals surface area contributed by atoms with Crippen LogP contribution >= 0.6 is 0 Å². The first-order valence-electron chi connectivity index (χ1n) is 8.77. The molecule has 0 aliphatic heterocycles. The lowest BCUT2D eigenvalue weighted by molar-refractivity contribution is -0.122. The third kappa shape index (κ3) is 6.09. The molecule has 2 aromatic carbocycles. The maximum absolute atomic E-state index is 12.3. The number of anilines is 1. The third-order valence-electron chi connectivity index (χ3n) is 3.80. The fourth-order valence-electron chi connectivity index (χ4n) is 2.45. The van der Waals surface area contributed by atoms with Crippen molar-refractivity contribution >= 4 is 17.5 Å². The molecule has 0 unspecified atom stereocenters. The Hall–Kier alpha value is -3.08. The van der Waals surface area contributed by atoms with E-state index < -0.39 is 0 Å². The molecule has 136 valence electrons. The Bertz CT molecular complexity index is 757. The van der Waals surface area contributed by atoms with Gasteiger partial charge in [-0.25, -0.2) is 0 Å². The molecule has 0 fully saturated rings. The topological polar surface area (TPSA) is 70.2 Å². The molecule has 0 atom stereocenters. The molecule has 2 amide bonds. The summed E-state index contributed by atoms with van der Waals surface area (Å²) in [6.45, 7) is 5.81. The lowest BCUT2D eigenvalue weighted by Gasteiger charge is -2.13. The largest absolute Gasteiger partial charge is 0.325 e. The van der Waals surface area contributed by atoms with Gasteiger partial charge in [-0.05, 0) is 18.1 Å². The summed E-state index contributed by atoms with van der Waals surface area (Å²) in [7, 11) is 0. The fraction of sp³-hybridized carbons (Fsp3) is 0.238. The Labute approximate surface area is 154 Å². The second-order valence-electron chi connectivity index (χ2n) is 6.02. The molecule has 5 nitrogen and oxygen atoms in total. The van der Waals surface area contributed by atoms with Crippen LogP contribution in [0.3, 0.4) is 0 Å². The number of para-hydroxylation sites is 1. The molecule has 0 saturated heterocycles. The minimum atomic E-state index is -0.200. The summed E-state index contributed by atoms with van der Waals surface area (Å²) in [5.74, 6) is -0.309. The standard InChI is InChI=1S/C21H25N3O2/c1-3-4-14-20(25)24-23-16(2)15-21(26)22-19-13-9-8-12-18(19)17-10-6-5-7-11-17/h5-13,23H,2-4,14-15H2,1H3,(H,22,26)(H,24,25). The van der Waals surface area contributed by atoms with Crippen molar-refractivity contribution in [2.24, 2.45) is 0 Å². The van der Waals surface area contributed by atoms with E-state index in [-0.39, 0.29) is 18.2 Å². The number of benzene rings is 2. The summed E-state index contributed by atoms with van der Waals surface area (Å²) < 4.78 is 0. The molecule has 0 saturated carbocycles. The number of unbranched alkanes of at least 4 members (excludes halogenated alkanes) is 1. The number of carbonyl (C=O) groups excluding carboxylic acids is 2. The van der Waals surface area contributed by atoms with Crippen LogP contribution in [0.15, 0.2) is 66.9 Å². The highest BCUT2D eigenvalue weighted by Gasteiger charge is 2.10. The van der Waals surface area contributed by atoms with Gasteiger partial charge >= 0.3 is 0 Å². The van der Waals surface area contributed by atoms with Crippen molar-refractivity contribution in [1.29, 1.82) is 0 Å². The SMILES string of the molecule is C=C(CC(=O)Nc1ccccc1-c1ccccc1)NNC(=O)CCCC. The van der Waals surface area contributed by atoms with E-state index in [1.165, 1.54) is 0 Å². The van der Waals surface area contributed by atoms with Gasteiger partial charge < -0.3 is 10.7 Å². The number of hydrogen-bond acceptors (Lipinski definition) is 3. The van der Waals surface area contributed by atoms with E-state index in [9.17, 15) is 9.59 Å². The molecule has 5 heteroatoms. The quantitative estimate of drug-likeness (QED) is 0.598. The van der Waals surface area contributed by atoms with E-state index in [1.54, 1.807) is 0 Å². The molecular formula is C21H25N3O2. The second-order valence-corrected chi connectivity index (χ2v) is 6.02. The van der Waals surface area contributed by atoms with Gasteiger partial charge in [0.2, 0.25) is 11.8 Å². The van der Waals surface area contributed by atoms with Gasteiger partial charge in [-0.3, -0.25) is 15.0 Å². The van der Waals surface area contributed by atoms with Gasteiger partial charge in [-0.1, -0.05) is 68.5 Å². The van der Waals surface area contributed by atoms with E-state index >= 15 is 0 Å². The number of hydrogen-bond donors (Lipinski definition) is 3. The third-order valence-corrected chi connectivity index (χ3v) is 3.80. The molecule has 3 N–H and O–H groups in total. The first kappa shape index (κ1) is 19.2. The van der Waals surface area contributed by atoms with Crippen molar-refractivity contribution in [3.63, 3.8) is 0 Å². The molecule has 0 heterocycles. The number of amides is 2. The predicted molar refractivity (Wildman–Crippen MR) is 105 cm³/mol. The first-order valence-corrected chi connectivity index (χ1v) is 8.77. The Morgan fingerprint density at radius 2 is 1.62 bits per heavy atom. The molecule has 0 aliphatic carbocycles. The summed E-state index contributed by atoms with van der Waals surface area (Å²) in [6, 6.07) is 17.5. The van der Waals surface area contributed by atoms with Crippen LogP contribution in [0.4, 0.5) is 5.69 Å². The molecule has 2 rings (SSSR count). The van der Waals surface area contributed by atoms with Crippen LogP contribution in [0.25, 0.3) is 11.1 Å². The van der Waals surface area contributed by atoms with Gasteiger partial charge in [0, 0.05) is 23.4 Å². The lowest BCUT2D eigenvalue weighted by atomic mass is 10.0. The van der Waals surface area contributed by atoms with Gasteiger partial charge in [0.05, 0.1) is 6.42 Å². The van der Waals surface area contributed by atoms with Crippen LogP contribution in [0, 0.1) is 0 Å². The molecule has 0 bridgehead atoms. The van der Waals surface area contributed by atoms with E-state index in [4.69, 9.17) is 0 Å². The molecular weight excluding hydrogens is 326 g/mol. The van der Waals surface area contributed by atoms with Crippen molar-refractivity contribution in [3.05, 3.63) is 66.9 Å². The van der Waals surface area contributed by atoms with Gasteiger partial charge in [-0.2, -0.15) is 0 Å². The number of rotatable bonds is 9. The minimum Gasteiger partial charge on any atom is -0.325 e. The zero-order valence-corrected chi connectivity index (χ0v) is 15.0. The van der Waals surface area contributed by atoms with Gasteiger partial charge in [0.25, 0.3) is 0 Å². The first-order chi connectivity index (χ1) is 12.6. The molecule has 0 aliphatic rings. The Kier molecular flexibility index (Phi) is 7.43. The van der Waals surface area contributed by atoms with Crippen LogP contribution in [0.5, 0.6) is 0 Å². The van der Waals surface area contributed by atoms with E-state index in [1.807, 2.05) is 61.5 Å². The van der Waals surface area contributed by atoms with E-state index in [0.29, 0.717) is 12.1 Å². The normalized spacial score (nSPS) is 10.0. The highest BCUT2D eigenvalue weighted by atomic mass is 16.2. The fourth-order valence-corrected chi connectivity index (χ4v) is 2.45. The van der Waals surface area contributed by atoms with Crippen molar-refractivity contribution in [1.82, 2.24) is 10.9 Å². The summed E-state index contributed by atoms with van der Waals surface area (Å²) in [4.78, 5) is 23.9. The Morgan fingerprint density at radius 1 is 0.923 bits per heavy atom. The smallest absolute Gasteiger partial charge is 0.238 e. The molecule has 0 aromatic heterocycles. The summed E-state index contributed by atoms with van der Waals surface area (Å²) in [6.07, 6.45) is 2.30. The molecule has 0 radical (unpaired) electrons. The van der Waals surface area contributed by atoms with Crippen molar-refractivity contribution in [2.75, 3.05) is 5.32 Å². The highest BCUT2D eigenvalue weighted by molar-refractivity contribution is 5.96. The average molecular weight is 351 g/mol. The van der Waals surface area contributed by atoms with Crippen LogP contribution in [-0.4, -0.2) is 11.8 Å². The van der Waals surface area contributed by atoms with Crippen LogP contribution < -0.4 is 16.2 Å². The average Bonchev–Trinajstić information content (AvgIpc) is 2.65.